The molecule has 1 aromatic carbocycles. The van der Waals surface area contributed by atoms with Crippen LogP contribution in [0.5, 0.6) is 5.75 Å². The predicted octanol–water partition coefficient (Wildman–Crippen LogP) is 2.77. The van der Waals surface area contributed by atoms with E-state index in [0.29, 0.717) is 12.3 Å². The van der Waals surface area contributed by atoms with Gasteiger partial charge < -0.3 is 4.74 Å². The zero-order valence-corrected chi connectivity index (χ0v) is 14.0. The van der Waals surface area contributed by atoms with E-state index in [4.69, 9.17) is 4.74 Å². The van der Waals surface area contributed by atoms with Gasteiger partial charge >= 0.3 is 0 Å². The molecule has 1 aromatic heterocycles. The van der Waals surface area contributed by atoms with Crippen molar-refractivity contribution in [2.75, 3.05) is 18.9 Å². The molecule has 128 valence electrons. The van der Waals surface area contributed by atoms with Crippen LogP contribution in [0.3, 0.4) is 0 Å². The van der Waals surface area contributed by atoms with Gasteiger partial charge in [0.05, 0.1) is 17.5 Å². The molecule has 0 radical (unpaired) electrons. The maximum atomic E-state index is 12.8. The Morgan fingerprint density at radius 2 is 2.00 bits per heavy atom. The number of hydrogen-bond acceptors (Lipinski definition) is 4. The van der Waals surface area contributed by atoms with Crippen LogP contribution in [0.4, 0.5) is 4.39 Å². The fraction of sp³-hybridized carbons (Fsp3) is 0.353. The summed E-state index contributed by atoms with van der Waals surface area (Å²) in [4.78, 5) is 4.29. The summed E-state index contributed by atoms with van der Waals surface area (Å²) in [6.07, 6.45) is 3.27. The summed E-state index contributed by atoms with van der Waals surface area (Å²) < 4.78 is 45.0. The van der Waals surface area contributed by atoms with Crippen LogP contribution in [-0.2, 0) is 10.0 Å². The number of pyridine rings is 1. The first-order valence-electron chi connectivity index (χ1n) is 7.85. The van der Waals surface area contributed by atoms with E-state index in [2.05, 4.69) is 4.98 Å². The summed E-state index contributed by atoms with van der Waals surface area (Å²) in [6, 6.07) is 10.8. The molecular formula is C17H19FN2O3S. The lowest BCUT2D eigenvalue weighted by molar-refractivity contribution is 0.330. The van der Waals surface area contributed by atoms with E-state index < -0.39 is 10.0 Å². The third-order valence-electron chi connectivity index (χ3n) is 4.01. The molecule has 7 heteroatoms. The molecule has 24 heavy (non-hydrogen) atoms. The van der Waals surface area contributed by atoms with Gasteiger partial charge in [0.15, 0.2) is 0 Å². The van der Waals surface area contributed by atoms with Crippen molar-refractivity contribution in [2.45, 2.75) is 18.9 Å². The van der Waals surface area contributed by atoms with Crippen LogP contribution >= 0.6 is 0 Å². The molecule has 0 amide bonds. The minimum Gasteiger partial charge on any atom is -0.492 e. The second-order valence-electron chi connectivity index (χ2n) is 5.64. The Balaban J connectivity index is 1.63. The highest BCUT2D eigenvalue weighted by Crippen LogP contribution is 2.33. The predicted molar refractivity (Wildman–Crippen MR) is 88.6 cm³/mol. The van der Waals surface area contributed by atoms with Crippen LogP contribution in [0, 0.1) is 5.82 Å². The average molecular weight is 350 g/mol. The Morgan fingerprint density at radius 1 is 1.21 bits per heavy atom. The molecule has 3 rings (SSSR count). The fourth-order valence-electron chi connectivity index (χ4n) is 2.85. The van der Waals surface area contributed by atoms with E-state index in [-0.39, 0.29) is 24.2 Å². The maximum absolute atomic E-state index is 12.8. The maximum Gasteiger partial charge on any atom is 0.218 e. The SMILES string of the molecule is O=S(=O)(CCOc1ccc(F)cc1)N1CCCC1c1ccccn1. The lowest BCUT2D eigenvalue weighted by Gasteiger charge is -2.23. The molecule has 1 fully saturated rings. The van der Waals surface area contributed by atoms with Gasteiger partial charge in [-0.05, 0) is 49.2 Å². The molecule has 0 saturated carbocycles. The lowest BCUT2D eigenvalue weighted by atomic mass is 10.1. The largest absolute Gasteiger partial charge is 0.492 e. The Bertz CT molecular complexity index is 766. The molecule has 1 unspecified atom stereocenters. The Morgan fingerprint density at radius 3 is 2.71 bits per heavy atom. The Kier molecular flexibility index (Phi) is 5.11. The first-order valence-corrected chi connectivity index (χ1v) is 9.46. The summed E-state index contributed by atoms with van der Waals surface area (Å²) in [7, 11) is -3.44. The van der Waals surface area contributed by atoms with Gasteiger partial charge in [-0.2, -0.15) is 4.31 Å². The summed E-state index contributed by atoms with van der Waals surface area (Å²) in [5, 5.41) is 0. The number of hydrogen-bond donors (Lipinski definition) is 0. The molecule has 0 aliphatic carbocycles. The summed E-state index contributed by atoms with van der Waals surface area (Å²) >= 11 is 0. The van der Waals surface area contributed by atoms with Crippen molar-refractivity contribution in [1.29, 1.82) is 0 Å². The van der Waals surface area contributed by atoms with Gasteiger partial charge in [0.25, 0.3) is 0 Å². The quantitative estimate of drug-likeness (QED) is 0.804. The van der Waals surface area contributed by atoms with E-state index in [1.54, 1.807) is 6.20 Å². The van der Waals surface area contributed by atoms with E-state index in [1.165, 1.54) is 28.6 Å². The molecule has 0 N–H and O–H groups in total. The number of nitrogens with zero attached hydrogens (tertiary/aromatic N) is 2. The standard InChI is InChI=1S/C17H19FN2O3S/c18-14-6-8-15(9-7-14)23-12-13-24(21,22)20-11-3-5-17(20)16-4-1-2-10-19-16/h1-2,4,6-10,17H,3,5,11-13H2. The molecule has 0 bridgehead atoms. The zero-order valence-electron chi connectivity index (χ0n) is 13.1. The molecule has 0 spiro atoms. The van der Waals surface area contributed by atoms with Crippen LogP contribution in [-0.4, -0.2) is 36.6 Å². The average Bonchev–Trinajstić information content (AvgIpc) is 3.08. The van der Waals surface area contributed by atoms with Gasteiger partial charge in [-0.25, -0.2) is 12.8 Å². The van der Waals surface area contributed by atoms with Gasteiger partial charge in [-0.1, -0.05) is 6.07 Å². The number of sulfonamides is 1. The second-order valence-corrected chi connectivity index (χ2v) is 7.68. The molecular weight excluding hydrogens is 331 g/mol. The zero-order chi connectivity index (χ0) is 17.0. The number of aromatic nitrogens is 1. The molecule has 1 atom stereocenters. The highest BCUT2D eigenvalue weighted by molar-refractivity contribution is 7.89. The van der Waals surface area contributed by atoms with E-state index in [0.717, 1.165) is 18.5 Å². The second kappa shape index (κ2) is 7.27. The summed E-state index contributed by atoms with van der Waals surface area (Å²) in [6.45, 7) is 0.527. The van der Waals surface area contributed by atoms with Gasteiger partial charge in [-0.3, -0.25) is 4.98 Å². The third-order valence-corrected chi connectivity index (χ3v) is 5.85. The molecule has 1 aliphatic heterocycles. The van der Waals surface area contributed by atoms with Crippen molar-refractivity contribution in [1.82, 2.24) is 9.29 Å². The Hall–Kier alpha value is -1.99. The topological polar surface area (TPSA) is 59.5 Å². The number of benzene rings is 1. The highest BCUT2D eigenvalue weighted by atomic mass is 32.2. The minimum atomic E-state index is -3.44. The fourth-order valence-corrected chi connectivity index (χ4v) is 4.39. The van der Waals surface area contributed by atoms with Crippen molar-refractivity contribution < 1.29 is 17.5 Å². The molecule has 2 aromatic rings. The van der Waals surface area contributed by atoms with Crippen molar-refractivity contribution >= 4 is 10.0 Å². The van der Waals surface area contributed by atoms with Gasteiger partial charge in [0.1, 0.15) is 18.2 Å². The van der Waals surface area contributed by atoms with Crippen LogP contribution in [0.1, 0.15) is 24.6 Å². The first-order chi connectivity index (χ1) is 11.6. The van der Waals surface area contributed by atoms with Crippen molar-refractivity contribution in [3.05, 3.63) is 60.2 Å². The smallest absolute Gasteiger partial charge is 0.218 e. The minimum absolute atomic E-state index is 0.0272. The van der Waals surface area contributed by atoms with Gasteiger partial charge in [-0.15, -0.1) is 0 Å². The van der Waals surface area contributed by atoms with Crippen LogP contribution < -0.4 is 4.74 Å². The Labute approximate surface area is 141 Å². The van der Waals surface area contributed by atoms with Crippen molar-refractivity contribution in [3.63, 3.8) is 0 Å². The van der Waals surface area contributed by atoms with Crippen molar-refractivity contribution in [3.8, 4) is 5.75 Å². The van der Waals surface area contributed by atoms with Gasteiger partial charge in [0, 0.05) is 12.7 Å². The normalized spacial score (nSPS) is 18.6. The van der Waals surface area contributed by atoms with E-state index in [9.17, 15) is 12.8 Å². The lowest BCUT2D eigenvalue weighted by Crippen LogP contribution is -2.34. The van der Waals surface area contributed by atoms with Crippen LogP contribution in [0.15, 0.2) is 48.7 Å². The highest BCUT2D eigenvalue weighted by Gasteiger charge is 2.35. The van der Waals surface area contributed by atoms with Crippen LogP contribution in [0.25, 0.3) is 0 Å². The summed E-state index contributed by atoms with van der Waals surface area (Å²) in [5.41, 5.74) is 0.776. The number of halogens is 1. The van der Waals surface area contributed by atoms with Gasteiger partial charge in [0.2, 0.25) is 10.0 Å². The molecule has 5 nitrogen and oxygen atoms in total. The summed E-state index contributed by atoms with van der Waals surface area (Å²) in [5.74, 6) is -0.0206. The van der Waals surface area contributed by atoms with Crippen molar-refractivity contribution in [2.24, 2.45) is 0 Å². The van der Waals surface area contributed by atoms with E-state index in [1.807, 2.05) is 18.2 Å². The first kappa shape index (κ1) is 16.9. The monoisotopic (exact) mass is 350 g/mol. The molecule has 1 saturated heterocycles. The number of rotatable bonds is 6. The molecule has 2 heterocycles. The molecule has 1 aliphatic rings. The third kappa shape index (κ3) is 3.91. The van der Waals surface area contributed by atoms with E-state index >= 15 is 0 Å². The number of ether oxygens (including phenoxy) is 1. The van der Waals surface area contributed by atoms with Crippen LogP contribution in [0.2, 0.25) is 0 Å².